The van der Waals surface area contributed by atoms with Gasteiger partial charge in [-0.2, -0.15) is 16.1 Å². The second-order valence-electron chi connectivity index (χ2n) is 4.37. The predicted molar refractivity (Wildman–Crippen MR) is 78.7 cm³/mol. The maximum Gasteiger partial charge on any atom is 0.305 e. The van der Waals surface area contributed by atoms with Crippen molar-refractivity contribution >= 4 is 39.4 Å². The molecule has 0 saturated carbocycles. The Morgan fingerprint density at radius 3 is 2.80 bits per heavy atom. The topological polar surface area (TPSA) is 74.7 Å². The molecular weight excluding hydrogens is 322 g/mol. The number of carbonyl (C=O) groups is 1. The summed E-state index contributed by atoms with van der Waals surface area (Å²) >= 11 is 7.52. The van der Waals surface area contributed by atoms with Crippen LogP contribution in [-0.2, 0) is 14.8 Å². The second kappa shape index (κ2) is 6.34. The van der Waals surface area contributed by atoms with E-state index >= 15 is 0 Å². The summed E-state index contributed by atoms with van der Waals surface area (Å²) in [6, 6.07) is 5.68. The molecule has 0 aromatic heterocycles. The van der Waals surface area contributed by atoms with Crippen LogP contribution in [0.5, 0.6) is 0 Å². The van der Waals surface area contributed by atoms with Crippen LogP contribution < -0.4 is 0 Å². The van der Waals surface area contributed by atoms with Gasteiger partial charge in [-0.3, -0.25) is 4.79 Å². The maximum atomic E-state index is 12.6. The molecule has 0 aliphatic carbocycles. The molecule has 1 aliphatic rings. The Balaban J connectivity index is 2.36. The Bertz CT molecular complexity index is 605. The number of benzene rings is 1. The summed E-state index contributed by atoms with van der Waals surface area (Å²) in [5.74, 6) is 0.132. The van der Waals surface area contributed by atoms with Crippen molar-refractivity contribution in [2.75, 3.05) is 18.1 Å². The van der Waals surface area contributed by atoms with E-state index in [9.17, 15) is 13.2 Å². The van der Waals surface area contributed by atoms with Crippen LogP contribution in [0.3, 0.4) is 0 Å². The van der Waals surface area contributed by atoms with Crippen molar-refractivity contribution in [2.24, 2.45) is 0 Å². The van der Waals surface area contributed by atoms with Gasteiger partial charge in [-0.05, 0) is 12.1 Å². The molecule has 2 rings (SSSR count). The maximum absolute atomic E-state index is 12.6. The molecule has 1 aliphatic heterocycles. The molecule has 1 atom stereocenters. The lowest BCUT2D eigenvalue weighted by Gasteiger charge is -2.33. The number of hydrogen-bond acceptors (Lipinski definition) is 4. The first-order valence-corrected chi connectivity index (χ1v) is 8.96. The van der Waals surface area contributed by atoms with Crippen LogP contribution in [0, 0.1) is 0 Å². The van der Waals surface area contributed by atoms with Crippen LogP contribution in [0.15, 0.2) is 29.2 Å². The molecule has 1 fully saturated rings. The number of carboxylic acid groups (broad SMARTS) is 1. The normalized spacial score (nSPS) is 20.8. The Hall–Kier alpha value is -0.760. The minimum absolute atomic E-state index is 0.0314. The molecule has 110 valence electrons. The molecule has 1 saturated heterocycles. The first-order chi connectivity index (χ1) is 9.43. The Labute approximate surface area is 127 Å². The highest BCUT2D eigenvalue weighted by Gasteiger charge is 2.35. The fourth-order valence-electron chi connectivity index (χ4n) is 2.10. The number of sulfonamides is 1. The van der Waals surface area contributed by atoms with Gasteiger partial charge in [0.1, 0.15) is 4.90 Å². The van der Waals surface area contributed by atoms with Crippen LogP contribution in [-0.4, -0.2) is 47.9 Å². The summed E-state index contributed by atoms with van der Waals surface area (Å²) in [6.45, 7) is 0.302. The van der Waals surface area contributed by atoms with Crippen LogP contribution >= 0.6 is 23.4 Å². The lowest BCUT2D eigenvalue weighted by Crippen LogP contribution is -2.47. The van der Waals surface area contributed by atoms with Crippen molar-refractivity contribution in [3.05, 3.63) is 29.3 Å². The van der Waals surface area contributed by atoms with Gasteiger partial charge in [0.05, 0.1) is 11.4 Å². The van der Waals surface area contributed by atoms with Crippen molar-refractivity contribution in [1.29, 1.82) is 0 Å². The average molecular weight is 336 g/mol. The number of halogens is 1. The first-order valence-electron chi connectivity index (χ1n) is 5.99. The van der Waals surface area contributed by atoms with E-state index in [1.807, 2.05) is 0 Å². The fourth-order valence-corrected chi connectivity index (χ4v) is 5.49. The SMILES string of the molecule is O=C(O)CC1CSCCN1S(=O)(=O)c1ccccc1Cl. The standard InChI is InChI=1S/C12H14ClNO4S2/c13-10-3-1-2-4-11(10)20(17,18)14-5-6-19-8-9(14)7-12(15)16/h1-4,9H,5-8H2,(H,15,16). The molecule has 1 unspecified atom stereocenters. The molecule has 1 aromatic carbocycles. The monoisotopic (exact) mass is 335 g/mol. The fraction of sp³-hybridized carbons (Fsp3) is 0.417. The van der Waals surface area contributed by atoms with Crippen LogP contribution in [0.4, 0.5) is 0 Å². The van der Waals surface area contributed by atoms with Gasteiger partial charge in [-0.25, -0.2) is 8.42 Å². The predicted octanol–water partition coefficient (Wildman–Crippen LogP) is 1.92. The van der Waals surface area contributed by atoms with Gasteiger partial charge in [0.15, 0.2) is 0 Å². The molecule has 0 spiro atoms. The molecule has 1 N–H and O–H groups in total. The van der Waals surface area contributed by atoms with E-state index in [2.05, 4.69) is 0 Å². The first kappa shape index (κ1) is 15.6. The van der Waals surface area contributed by atoms with E-state index in [0.717, 1.165) is 0 Å². The third kappa shape index (κ3) is 3.28. The van der Waals surface area contributed by atoms with Gasteiger partial charge in [0.25, 0.3) is 0 Å². The van der Waals surface area contributed by atoms with E-state index in [-0.39, 0.29) is 16.3 Å². The van der Waals surface area contributed by atoms with E-state index in [1.54, 1.807) is 23.9 Å². The number of carboxylic acids is 1. The van der Waals surface area contributed by atoms with Gasteiger partial charge in [-0.15, -0.1) is 0 Å². The third-order valence-electron chi connectivity index (χ3n) is 3.01. The van der Waals surface area contributed by atoms with Crippen LogP contribution in [0.25, 0.3) is 0 Å². The van der Waals surface area contributed by atoms with E-state index in [1.165, 1.54) is 16.4 Å². The Morgan fingerprint density at radius 2 is 2.15 bits per heavy atom. The molecule has 0 radical (unpaired) electrons. The van der Waals surface area contributed by atoms with Crippen molar-refractivity contribution < 1.29 is 18.3 Å². The average Bonchev–Trinajstić information content (AvgIpc) is 2.38. The Kier molecular flexibility index (Phi) is 4.95. The molecule has 0 amide bonds. The Morgan fingerprint density at radius 1 is 1.45 bits per heavy atom. The molecule has 1 aromatic rings. The highest BCUT2D eigenvalue weighted by molar-refractivity contribution is 7.99. The van der Waals surface area contributed by atoms with Crippen molar-refractivity contribution in [3.63, 3.8) is 0 Å². The van der Waals surface area contributed by atoms with Gasteiger partial charge >= 0.3 is 5.97 Å². The number of aliphatic carboxylic acids is 1. The highest BCUT2D eigenvalue weighted by atomic mass is 35.5. The number of hydrogen-bond donors (Lipinski definition) is 1. The largest absolute Gasteiger partial charge is 0.481 e. The van der Waals surface area contributed by atoms with E-state index in [4.69, 9.17) is 16.7 Å². The second-order valence-corrected chi connectivity index (χ2v) is 7.79. The number of nitrogens with zero attached hydrogens (tertiary/aromatic N) is 1. The zero-order chi connectivity index (χ0) is 14.8. The van der Waals surface area contributed by atoms with Gasteiger partial charge in [0, 0.05) is 24.1 Å². The summed E-state index contributed by atoms with van der Waals surface area (Å²) in [4.78, 5) is 10.9. The molecule has 0 bridgehead atoms. The van der Waals surface area contributed by atoms with E-state index in [0.29, 0.717) is 18.1 Å². The molecular formula is C12H14ClNO4S2. The van der Waals surface area contributed by atoms with Crippen molar-refractivity contribution in [2.45, 2.75) is 17.4 Å². The quantitative estimate of drug-likeness (QED) is 0.910. The number of rotatable bonds is 4. The van der Waals surface area contributed by atoms with Gasteiger partial charge < -0.3 is 5.11 Å². The lowest BCUT2D eigenvalue weighted by atomic mass is 10.2. The lowest BCUT2D eigenvalue weighted by molar-refractivity contribution is -0.137. The zero-order valence-electron chi connectivity index (χ0n) is 10.5. The summed E-state index contributed by atoms with van der Waals surface area (Å²) in [7, 11) is -3.76. The van der Waals surface area contributed by atoms with Crippen LogP contribution in [0.1, 0.15) is 6.42 Å². The van der Waals surface area contributed by atoms with Crippen molar-refractivity contribution in [3.8, 4) is 0 Å². The summed E-state index contributed by atoms with van der Waals surface area (Å²) in [5, 5.41) is 9.07. The zero-order valence-corrected chi connectivity index (χ0v) is 12.9. The molecule has 5 nitrogen and oxygen atoms in total. The molecule has 8 heteroatoms. The minimum atomic E-state index is -3.76. The smallest absolute Gasteiger partial charge is 0.305 e. The summed E-state index contributed by atoms with van der Waals surface area (Å²) in [6.07, 6.45) is -0.198. The van der Waals surface area contributed by atoms with Crippen molar-refractivity contribution in [1.82, 2.24) is 4.31 Å². The molecule has 20 heavy (non-hydrogen) atoms. The number of thioether (sulfide) groups is 1. The van der Waals surface area contributed by atoms with Crippen LogP contribution in [0.2, 0.25) is 5.02 Å². The third-order valence-corrected chi connectivity index (χ3v) is 6.55. The van der Waals surface area contributed by atoms with Gasteiger partial charge in [-0.1, -0.05) is 23.7 Å². The summed E-state index contributed by atoms with van der Waals surface area (Å²) < 4.78 is 26.5. The molecule has 1 heterocycles. The highest BCUT2D eigenvalue weighted by Crippen LogP contribution is 2.29. The van der Waals surface area contributed by atoms with Gasteiger partial charge in [0.2, 0.25) is 10.0 Å². The minimum Gasteiger partial charge on any atom is -0.481 e. The summed E-state index contributed by atoms with van der Waals surface area (Å²) in [5.41, 5.74) is 0. The van der Waals surface area contributed by atoms with E-state index < -0.39 is 22.0 Å².